The number of halogens is 1. The van der Waals surface area contributed by atoms with Crippen molar-refractivity contribution in [2.45, 2.75) is 6.54 Å². The van der Waals surface area contributed by atoms with Crippen LogP contribution < -0.4 is 17.0 Å². The Morgan fingerprint density at radius 3 is 2.55 bits per heavy atom. The maximum atomic E-state index is 10.8. The van der Waals surface area contributed by atoms with Gasteiger partial charge in [-0.15, -0.1) is 0 Å². The first-order chi connectivity index (χ1) is 10.1. The van der Waals surface area contributed by atoms with Gasteiger partial charge in [0.2, 0.25) is 0 Å². The molecule has 0 spiro atoms. The summed E-state index contributed by atoms with van der Waals surface area (Å²) in [5.41, 5.74) is 0.494. The van der Waals surface area contributed by atoms with E-state index in [-0.39, 0.29) is 23.8 Å². The predicted molar refractivity (Wildman–Crippen MR) is 78.0 cm³/mol. The molecule has 0 saturated heterocycles. The van der Waals surface area contributed by atoms with Crippen LogP contribution in [0.15, 0.2) is 60.9 Å². The van der Waals surface area contributed by atoms with Crippen molar-refractivity contribution in [3.63, 3.8) is 0 Å². The molecule has 0 aliphatic rings. The molecule has 0 fully saturated rings. The lowest BCUT2D eigenvalue weighted by Crippen LogP contribution is -3.00. The molecule has 3 rings (SSSR count). The van der Waals surface area contributed by atoms with Crippen LogP contribution in [0.4, 0.5) is 5.69 Å². The highest BCUT2D eigenvalue weighted by molar-refractivity contribution is 5.80. The number of hydrogen-bond acceptors (Lipinski definition) is 3. The number of non-ortho nitro benzene ring substituents is 1. The number of hydrogen-bond donors (Lipinski definition) is 1. The summed E-state index contributed by atoms with van der Waals surface area (Å²) >= 11 is 0. The maximum Gasteiger partial charge on any atom is 0.270 e. The molecule has 0 unspecified atom stereocenters. The number of nitro benzene ring substituents is 1. The lowest BCUT2D eigenvalue weighted by atomic mass is 10.1. The van der Waals surface area contributed by atoms with Crippen LogP contribution >= 0.6 is 0 Å². The Kier molecular flexibility index (Phi) is 4.58. The number of phenolic OH excluding ortho intramolecular Hbond substituents is 1. The van der Waals surface area contributed by atoms with E-state index in [1.165, 1.54) is 18.2 Å². The van der Waals surface area contributed by atoms with Gasteiger partial charge in [0.05, 0.1) is 10.5 Å². The van der Waals surface area contributed by atoms with Crippen LogP contribution in [0.3, 0.4) is 0 Å². The molecule has 0 bridgehead atoms. The zero-order valence-electron chi connectivity index (χ0n) is 11.5. The fourth-order valence-electron chi connectivity index (χ4n) is 2.29. The molecule has 5 nitrogen and oxygen atoms in total. The lowest BCUT2D eigenvalue weighted by Gasteiger charge is -2.02. The normalized spacial score (nSPS) is 10.2. The van der Waals surface area contributed by atoms with Gasteiger partial charge >= 0.3 is 0 Å². The molecule has 0 aliphatic heterocycles. The first-order valence-electron chi connectivity index (χ1n) is 6.47. The number of fused-ring (bicyclic) bond motifs is 1. The van der Waals surface area contributed by atoms with Crippen molar-refractivity contribution >= 4 is 16.5 Å². The zero-order valence-corrected chi connectivity index (χ0v) is 12.3. The molecule has 0 amide bonds. The molecule has 22 heavy (non-hydrogen) atoms. The molecule has 1 N–H and O–H groups in total. The molecule has 112 valence electrons. The fourth-order valence-corrected chi connectivity index (χ4v) is 2.29. The number of benzene rings is 2. The number of phenols is 1. The molecule has 3 aromatic rings. The minimum absolute atomic E-state index is 0. The minimum Gasteiger partial charge on any atom is -1.00 e. The lowest BCUT2D eigenvalue weighted by molar-refractivity contribution is -0.687. The largest absolute Gasteiger partial charge is 1.00 e. The Bertz CT molecular complexity index is 836. The zero-order chi connectivity index (χ0) is 14.8. The summed E-state index contributed by atoms with van der Waals surface area (Å²) in [7, 11) is 0. The van der Waals surface area contributed by atoms with E-state index in [2.05, 4.69) is 0 Å². The van der Waals surface area contributed by atoms with Crippen LogP contribution in [-0.2, 0) is 6.54 Å². The molecule has 0 atom stereocenters. The smallest absolute Gasteiger partial charge is 0.270 e. The third-order valence-corrected chi connectivity index (χ3v) is 3.37. The number of nitrogens with zero attached hydrogens (tertiary/aromatic N) is 2. The van der Waals surface area contributed by atoms with Gasteiger partial charge in [-0.2, -0.15) is 4.57 Å². The number of rotatable bonds is 3. The van der Waals surface area contributed by atoms with E-state index in [4.69, 9.17) is 0 Å². The summed E-state index contributed by atoms with van der Waals surface area (Å²) in [6, 6.07) is 14.0. The number of aromatic nitrogens is 1. The van der Waals surface area contributed by atoms with Crippen molar-refractivity contribution in [1.82, 2.24) is 0 Å². The number of aromatic hydroxyl groups is 1. The summed E-state index contributed by atoms with van der Waals surface area (Å²) in [5.74, 6) is 0.0567. The van der Waals surface area contributed by atoms with Crippen LogP contribution in [0, 0.1) is 10.1 Å². The summed E-state index contributed by atoms with van der Waals surface area (Å²) in [4.78, 5) is 10.3. The molecule has 1 heterocycles. The van der Waals surface area contributed by atoms with Crippen molar-refractivity contribution in [2.75, 3.05) is 0 Å². The topological polar surface area (TPSA) is 67.2 Å². The van der Waals surface area contributed by atoms with E-state index >= 15 is 0 Å². The van der Waals surface area contributed by atoms with E-state index in [1.54, 1.807) is 0 Å². The molecule has 6 heteroatoms. The second-order valence-electron chi connectivity index (χ2n) is 4.82. The monoisotopic (exact) mass is 316 g/mol. The maximum absolute atomic E-state index is 10.8. The predicted octanol–water partition coefficient (Wildman–Crippen LogP) is -0.207. The summed E-state index contributed by atoms with van der Waals surface area (Å²) in [6.45, 7) is 0.373. The van der Waals surface area contributed by atoms with Gasteiger partial charge in [-0.05, 0) is 17.5 Å². The van der Waals surface area contributed by atoms with Gasteiger partial charge in [0.1, 0.15) is 5.75 Å². The van der Waals surface area contributed by atoms with E-state index in [0.717, 1.165) is 10.8 Å². The Hall–Kier alpha value is -2.66. The summed E-state index contributed by atoms with van der Waals surface area (Å²) < 4.78 is 1.89. The molecule has 0 aliphatic carbocycles. The first kappa shape index (κ1) is 15.7. The highest BCUT2D eigenvalue weighted by atomic mass is 35.5. The molecule has 0 radical (unpaired) electrons. The number of nitro groups is 1. The highest BCUT2D eigenvalue weighted by Gasteiger charge is 2.14. The standard InChI is InChI=1S/C16H12N2O3.ClH/c19-16-6-5-15(18(20)21)9-14(16)11-17-8-7-12-3-1-2-4-13(12)10-17;/h1-10H,11H2;1H. The fraction of sp³-hybridized carbons (Fsp3) is 0.0625. The second kappa shape index (κ2) is 6.41. The van der Waals surface area contributed by atoms with Gasteiger partial charge in [-0.3, -0.25) is 10.1 Å². The number of pyridine rings is 1. The SMILES string of the molecule is O=[N+]([O-])c1ccc(O)c(C[n+]2ccc3ccccc3c2)c1.[Cl-]. The Morgan fingerprint density at radius 1 is 1.09 bits per heavy atom. The molecular formula is C16H13ClN2O3. The minimum atomic E-state index is -0.464. The average Bonchev–Trinajstić information content (AvgIpc) is 2.49. The summed E-state index contributed by atoms with van der Waals surface area (Å²) in [5, 5.41) is 22.9. The molecule has 0 saturated carbocycles. The summed E-state index contributed by atoms with van der Waals surface area (Å²) in [6.07, 6.45) is 3.84. The molecule has 1 aromatic heterocycles. The average molecular weight is 317 g/mol. The van der Waals surface area contributed by atoms with Crippen LogP contribution in [0.1, 0.15) is 5.56 Å². The third kappa shape index (κ3) is 3.15. The van der Waals surface area contributed by atoms with Crippen LogP contribution in [0.5, 0.6) is 5.75 Å². The Morgan fingerprint density at radius 2 is 1.82 bits per heavy atom. The molecule has 2 aromatic carbocycles. The van der Waals surface area contributed by atoms with Crippen molar-refractivity contribution in [3.8, 4) is 5.75 Å². The van der Waals surface area contributed by atoms with Crippen molar-refractivity contribution in [2.24, 2.45) is 0 Å². The Labute approximate surface area is 133 Å². The van der Waals surface area contributed by atoms with Gasteiger partial charge in [0, 0.05) is 23.6 Å². The van der Waals surface area contributed by atoms with Crippen molar-refractivity contribution < 1.29 is 27.0 Å². The van der Waals surface area contributed by atoms with Gasteiger partial charge in [0.15, 0.2) is 18.9 Å². The van der Waals surface area contributed by atoms with Crippen molar-refractivity contribution in [1.29, 1.82) is 0 Å². The van der Waals surface area contributed by atoms with Gasteiger partial charge in [0.25, 0.3) is 5.69 Å². The van der Waals surface area contributed by atoms with E-state index in [9.17, 15) is 15.2 Å². The highest BCUT2D eigenvalue weighted by Crippen LogP contribution is 2.22. The molecular weight excluding hydrogens is 304 g/mol. The second-order valence-corrected chi connectivity index (χ2v) is 4.82. The van der Waals surface area contributed by atoms with Gasteiger partial charge in [-0.1, -0.05) is 18.2 Å². The van der Waals surface area contributed by atoms with Crippen LogP contribution in [-0.4, -0.2) is 10.0 Å². The van der Waals surface area contributed by atoms with Gasteiger partial charge < -0.3 is 17.5 Å². The van der Waals surface area contributed by atoms with Gasteiger partial charge in [-0.25, -0.2) is 0 Å². The van der Waals surface area contributed by atoms with Crippen molar-refractivity contribution in [3.05, 3.63) is 76.6 Å². The quantitative estimate of drug-likeness (QED) is 0.413. The third-order valence-electron chi connectivity index (χ3n) is 3.37. The van der Waals surface area contributed by atoms with E-state index in [1.807, 2.05) is 47.3 Å². The van der Waals surface area contributed by atoms with Crippen LogP contribution in [0.2, 0.25) is 0 Å². The first-order valence-corrected chi connectivity index (χ1v) is 6.47. The Balaban J connectivity index is 0.00000176. The van der Waals surface area contributed by atoms with E-state index < -0.39 is 4.92 Å². The van der Waals surface area contributed by atoms with E-state index in [0.29, 0.717) is 12.1 Å². The van der Waals surface area contributed by atoms with Crippen LogP contribution in [0.25, 0.3) is 10.8 Å².